The number of para-hydroxylation sites is 1. The van der Waals surface area contributed by atoms with E-state index in [1.54, 1.807) is 0 Å². The monoisotopic (exact) mass is 663 g/mol. The van der Waals surface area contributed by atoms with E-state index in [9.17, 15) is 0 Å². The van der Waals surface area contributed by atoms with Crippen LogP contribution in [0.25, 0.3) is 76.9 Å². The maximum Gasteiger partial charge on any atom is 0.136 e. The summed E-state index contributed by atoms with van der Waals surface area (Å²) in [6.07, 6.45) is 0. The Hall–Kier alpha value is -6.90. The summed E-state index contributed by atoms with van der Waals surface area (Å²) in [5, 5.41) is 8.51. The number of anilines is 3. The molecule has 0 aliphatic rings. The minimum absolute atomic E-state index is 0.881. The first-order valence-corrected chi connectivity index (χ1v) is 17.8. The maximum absolute atomic E-state index is 6.27. The number of nitrogens with zero attached hydrogens (tertiary/aromatic N) is 1. The first-order valence-electron chi connectivity index (χ1n) is 17.8. The molecule has 0 unspecified atom stereocenters. The van der Waals surface area contributed by atoms with Crippen molar-refractivity contribution in [1.29, 1.82) is 0 Å². The van der Waals surface area contributed by atoms with Gasteiger partial charge in [0.1, 0.15) is 11.3 Å². The number of furan rings is 1. The molecule has 10 rings (SSSR count). The third kappa shape index (κ3) is 5.21. The van der Waals surface area contributed by atoms with E-state index in [4.69, 9.17) is 4.42 Å². The second kappa shape index (κ2) is 12.5. The molecule has 0 N–H and O–H groups in total. The van der Waals surface area contributed by atoms with Crippen LogP contribution in [0.3, 0.4) is 0 Å². The van der Waals surface area contributed by atoms with Crippen LogP contribution in [0, 0.1) is 0 Å². The van der Waals surface area contributed by atoms with E-state index in [-0.39, 0.29) is 0 Å². The van der Waals surface area contributed by atoms with Gasteiger partial charge in [-0.3, -0.25) is 0 Å². The molecule has 2 nitrogen and oxygen atoms in total. The Balaban J connectivity index is 1.04. The number of benzene rings is 9. The van der Waals surface area contributed by atoms with Crippen LogP contribution < -0.4 is 4.90 Å². The van der Waals surface area contributed by atoms with Crippen molar-refractivity contribution in [3.63, 3.8) is 0 Å². The molecule has 0 saturated carbocycles. The third-order valence-electron chi connectivity index (χ3n) is 10.3. The summed E-state index contributed by atoms with van der Waals surface area (Å²) < 4.78 is 6.27. The van der Waals surface area contributed by atoms with Gasteiger partial charge in [0.25, 0.3) is 0 Å². The number of rotatable bonds is 6. The summed E-state index contributed by atoms with van der Waals surface area (Å²) in [7, 11) is 0. The Kier molecular flexibility index (Phi) is 7.18. The van der Waals surface area contributed by atoms with E-state index in [1.165, 1.54) is 43.4 Å². The average molecular weight is 664 g/mol. The van der Waals surface area contributed by atoms with Gasteiger partial charge in [-0.2, -0.15) is 0 Å². The van der Waals surface area contributed by atoms with E-state index < -0.39 is 0 Å². The fourth-order valence-electron chi connectivity index (χ4n) is 7.67. The minimum atomic E-state index is 0.881. The van der Waals surface area contributed by atoms with E-state index in [0.717, 1.165) is 50.5 Å². The standard InChI is InChI=1S/C50H33NO/c1-2-12-38-31-42(30-27-34(38)11-1)51(48-32-39-13-3-5-16-44(39)45-17-7-8-18-46(45)48)41-28-25-36(26-29-41)35-21-23-37(24-22-35)43-15-6-9-19-47(43)50-33-40-14-4-10-20-49(40)52-50/h1-33H. The molecule has 1 heterocycles. The van der Waals surface area contributed by atoms with Crippen LogP contribution in [0.5, 0.6) is 0 Å². The van der Waals surface area contributed by atoms with E-state index in [0.29, 0.717) is 0 Å². The van der Waals surface area contributed by atoms with Crippen molar-refractivity contribution in [2.75, 3.05) is 4.90 Å². The lowest BCUT2D eigenvalue weighted by Crippen LogP contribution is -2.10. The van der Waals surface area contributed by atoms with Gasteiger partial charge in [-0.25, -0.2) is 0 Å². The van der Waals surface area contributed by atoms with Crippen LogP contribution in [-0.2, 0) is 0 Å². The van der Waals surface area contributed by atoms with Crippen LogP contribution in [-0.4, -0.2) is 0 Å². The van der Waals surface area contributed by atoms with Crippen molar-refractivity contribution in [1.82, 2.24) is 0 Å². The number of fused-ring (bicyclic) bond motifs is 5. The molecule has 0 atom stereocenters. The minimum Gasteiger partial charge on any atom is -0.456 e. The lowest BCUT2D eigenvalue weighted by atomic mass is 9.95. The van der Waals surface area contributed by atoms with Crippen LogP contribution in [0.15, 0.2) is 205 Å². The highest BCUT2D eigenvalue weighted by Gasteiger charge is 2.18. The quantitative estimate of drug-likeness (QED) is 0.165. The highest BCUT2D eigenvalue weighted by atomic mass is 16.3. The van der Waals surface area contributed by atoms with Crippen molar-refractivity contribution in [3.05, 3.63) is 200 Å². The van der Waals surface area contributed by atoms with Crippen molar-refractivity contribution in [3.8, 4) is 33.6 Å². The van der Waals surface area contributed by atoms with Crippen molar-refractivity contribution >= 4 is 60.3 Å². The van der Waals surface area contributed by atoms with Crippen LogP contribution in [0.1, 0.15) is 0 Å². The van der Waals surface area contributed by atoms with Gasteiger partial charge in [0.05, 0.1) is 5.69 Å². The zero-order chi connectivity index (χ0) is 34.4. The third-order valence-corrected chi connectivity index (χ3v) is 10.3. The second-order valence-corrected chi connectivity index (χ2v) is 13.3. The number of hydrogen-bond acceptors (Lipinski definition) is 2. The van der Waals surface area contributed by atoms with Gasteiger partial charge in [0, 0.05) is 27.7 Å². The molecule has 10 aromatic rings. The largest absolute Gasteiger partial charge is 0.456 e. The molecule has 244 valence electrons. The van der Waals surface area contributed by atoms with Crippen molar-refractivity contribution in [2.24, 2.45) is 0 Å². The Morgan fingerprint density at radius 3 is 1.65 bits per heavy atom. The second-order valence-electron chi connectivity index (χ2n) is 13.3. The van der Waals surface area contributed by atoms with E-state index >= 15 is 0 Å². The molecule has 52 heavy (non-hydrogen) atoms. The smallest absolute Gasteiger partial charge is 0.136 e. The molecule has 0 amide bonds. The SMILES string of the molecule is c1ccc(-c2cc3ccccc3o2)c(-c2ccc(-c3ccc(N(c4ccc5ccccc5c4)c4cc5ccccc5c5ccccc45)cc3)cc2)c1. The van der Waals surface area contributed by atoms with Gasteiger partial charge in [-0.1, -0.05) is 158 Å². The van der Waals surface area contributed by atoms with Gasteiger partial charge < -0.3 is 9.32 Å². The topological polar surface area (TPSA) is 16.4 Å². The zero-order valence-corrected chi connectivity index (χ0v) is 28.4. The zero-order valence-electron chi connectivity index (χ0n) is 28.4. The molecule has 0 fully saturated rings. The number of hydrogen-bond donors (Lipinski definition) is 0. The summed E-state index contributed by atoms with van der Waals surface area (Å²) >= 11 is 0. The summed E-state index contributed by atoms with van der Waals surface area (Å²) in [6, 6.07) is 71.7. The van der Waals surface area contributed by atoms with Gasteiger partial charge in [0.15, 0.2) is 0 Å². The Bertz CT molecular complexity index is 2870. The molecule has 0 bridgehead atoms. The van der Waals surface area contributed by atoms with Crippen LogP contribution in [0.2, 0.25) is 0 Å². The molecular weight excluding hydrogens is 631 g/mol. The lowest BCUT2D eigenvalue weighted by Gasteiger charge is -2.28. The van der Waals surface area contributed by atoms with Gasteiger partial charge >= 0.3 is 0 Å². The summed E-state index contributed by atoms with van der Waals surface area (Å²) in [6.45, 7) is 0. The normalized spacial score (nSPS) is 11.5. The van der Waals surface area contributed by atoms with Gasteiger partial charge in [-0.15, -0.1) is 0 Å². The molecule has 0 aliphatic carbocycles. The van der Waals surface area contributed by atoms with Crippen LogP contribution in [0.4, 0.5) is 17.1 Å². The molecule has 0 aliphatic heterocycles. The molecule has 0 spiro atoms. The lowest BCUT2D eigenvalue weighted by molar-refractivity contribution is 0.632. The van der Waals surface area contributed by atoms with Crippen molar-refractivity contribution < 1.29 is 4.42 Å². The van der Waals surface area contributed by atoms with E-state index in [1.807, 2.05) is 18.2 Å². The highest BCUT2D eigenvalue weighted by molar-refractivity contribution is 6.14. The van der Waals surface area contributed by atoms with Gasteiger partial charge in [-0.05, 0) is 91.6 Å². The Morgan fingerprint density at radius 2 is 0.885 bits per heavy atom. The molecule has 9 aromatic carbocycles. The maximum atomic E-state index is 6.27. The van der Waals surface area contributed by atoms with Gasteiger partial charge in [0.2, 0.25) is 0 Å². The first kappa shape index (κ1) is 30.0. The molecule has 0 radical (unpaired) electrons. The molecule has 0 saturated heterocycles. The average Bonchev–Trinajstić information content (AvgIpc) is 3.66. The summed E-state index contributed by atoms with van der Waals surface area (Å²) in [5.41, 5.74) is 10.0. The van der Waals surface area contributed by atoms with E-state index in [2.05, 4.69) is 187 Å². The highest BCUT2D eigenvalue weighted by Crippen LogP contribution is 2.43. The summed E-state index contributed by atoms with van der Waals surface area (Å²) in [5.74, 6) is 0.881. The predicted octanol–water partition coefficient (Wildman–Crippen LogP) is 14.4. The predicted molar refractivity (Wildman–Crippen MR) is 220 cm³/mol. The Labute approximate surface area is 302 Å². The van der Waals surface area contributed by atoms with Crippen LogP contribution >= 0.6 is 0 Å². The van der Waals surface area contributed by atoms with Crippen molar-refractivity contribution in [2.45, 2.75) is 0 Å². The summed E-state index contributed by atoms with van der Waals surface area (Å²) in [4.78, 5) is 2.41. The fraction of sp³-hybridized carbons (Fsp3) is 0. The molecule has 1 aromatic heterocycles. The first-order chi connectivity index (χ1) is 25.8. The Morgan fingerprint density at radius 1 is 0.327 bits per heavy atom. The fourth-order valence-corrected chi connectivity index (χ4v) is 7.67. The molecule has 2 heteroatoms. The molecular formula is C50H33NO.